The summed E-state index contributed by atoms with van der Waals surface area (Å²) in [6.07, 6.45) is 2.39. The standard InChI is InChI=1S/C15H27N5/c1-11-12(2)18-19-14(17-11)20-8-6-13(7-9-20)10-16-15(3,4)5/h13,16H,6-10H2,1-5H3. The molecule has 1 aliphatic rings. The quantitative estimate of drug-likeness (QED) is 0.917. The maximum absolute atomic E-state index is 4.54. The molecule has 1 aromatic heterocycles. The Kier molecular flexibility index (Phi) is 4.58. The second kappa shape index (κ2) is 6.04. The molecule has 0 aromatic carbocycles. The van der Waals surface area contributed by atoms with Gasteiger partial charge < -0.3 is 10.2 Å². The molecule has 0 aliphatic carbocycles. The minimum absolute atomic E-state index is 0.207. The predicted octanol–water partition coefficient (Wildman–Crippen LogP) is 2.09. The fourth-order valence-corrected chi connectivity index (χ4v) is 2.37. The van der Waals surface area contributed by atoms with Gasteiger partial charge in [-0.1, -0.05) is 0 Å². The van der Waals surface area contributed by atoms with Crippen molar-refractivity contribution in [2.24, 2.45) is 5.92 Å². The van der Waals surface area contributed by atoms with Crippen LogP contribution in [-0.2, 0) is 0 Å². The predicted molar refractivity (Wildman–Crippen MR) is 82.0 cm³/mol. The van der Waals surface area contributed by atoms with E-state index < -0.39 is 0 Å². The molecule has 0 bridgehead atoms. The summed E-state index contributed by atoms with van der Waals surface area (Å²) >= 11 is 0. The molecule has 1 saturated heterocycles. The van der Waals surface area contributed by atoms with E-state index in [1.165, 1.54) is 12.8 Å². The summed E-state index contributed by atoms with van der Waals surface area (Å²) in [5.41, 5.74) is 2.10. The van der Waals surface area contributed by atoms with Crippen LogP contribution in [0.2, 0.25) is 0 Å². The highest BCUT2D eigenvalue weighted by molar-refractivity contribution is 5.30. The van der Waals surface area contributed by atoms with E-state index in [1.54, 1.807) is 0 Å². The average Bonchev–Trinajstić information content (AvgIpc) is 2.39. The van der Waals surface area contributed by atoms with Crippen LogP contribution >= 0.6 is 0 Å². The van der Waals surface area contributed by atoms with Crippen molar-refractivity contribution in [2.75, 3.05) is 24.5 Å². The molecule has 1 aromatic rings. The van der Waals surface area contributed by atoms with Crippen molar-refractivity contribution in [2.45, 2.75) is 53.0 Å². The second-order valence-corrected chi connectivity index (χ2v) is 6.84. The van der Waals surface area contributed by atoms with Gasteiger partial charge in [0.15, 0.2) is 0 Å². The van der Waals surface area contributed by atoms with Gasteiger partial charge in [0.25, 0.3) is 0 Å². The summed E-state index contributed by atoms with van der Waals surface area (Å²) in [5.74, 6) is 1.54. The first-order valence-corrected chi connectivity index (χ1v) is 7.53. The summed E-state index contributed by atoms with van der Waals surface area (Å²) < 4.78 is 0. The monoisotopic (exact) mass is 277 g/mol. The van der Waals surface area contributed by atoms with Gasteiger partial charge in [-0.25, -0.2) is 4.98 Å². The van der Waals surface area contributed by atoms with E-state index in [0.29, 0.717) is 0 Å². The van der Waals surface area contributed by atoms with Crippen LogP contribution in [-0.4, -0.2) is 40.4 Å². The third kappa shape index (κ3) is 4.13. The number of aromatic nitrogens is 3. The number of nitrogens with one attached hydrogen (secondary N) is 1. The Hall–Kier alpha value is -1.23. The molecule has 1 fully saturated rings. The van der Waals surface area contributed by atoms with Crippen LogP contribution < -0.4 is 10.2 Å². The number of aryl methyl sites for hydroxylation is 2. The summed E-state index contributed by atoms with van der Waals surface area (Å²) in [4.78, 5) is 6.80. The third-order valence-corrected chi connectivity index (χ3v) is 3.90. The van der Waals surface area contributed by atoms with Crippen molar-refractivity contribution in [3.8, 4) is 0 Å². The molecular weight excluding hydrogens is 250 g/mol. The molecule has 2 rings (SSSR count). The van der Waals surface area contributed by atoms with Crippen molar-refractivity contribution in [1.82, 2.24) is 20.5 Å². The largest absolute Gasteiger partial charge is 0.340 e. The molecule has 2 heterocycles. The van der Waals surface area contributed by atoms with Gasteiger partial charge in [0.2, 0.25) is 5.95 Å². The molecule has 0 spiro atoms. The van der Waals surface area contributed by atoms with Gasteiger partial charge in [0, 0.05) is 18.6 Å². The lowest BCUT2D eigenvalue weighted by molar-refractivity contribution is 0.327. The molecule has 1 aliphatic heterocycles. The van der Waals surface area contributed by atoms with Crippen molar-refractivity contribution < 1.29 is 0 Å². The molecule has 0 atom stereocenters. The minimum atomic E-state index is 0.207. The van der Waals surface area contributed by atoms with E-state index in [9.17, 15) is 0 Å². The molecule has 20 heavy (non-hydrogen) atoms. The smallest absolute Gasteiger partial charge is 0.245 e. The van der Waals surface area contributed by atoms with Crippen molar-refractivity contribution >= 4 is 5.95 Å². The first-order chi connectivity index (χ1) is 9.35. The Morgan fingerprint density at radius 3 is 2.30 bits per heavy atom. The summed E-state index contributed by atoms with van der Waals surface area (Å²) in [7, 11) is 0. The second-order valence-electron chi connectivity index (χ2n) is 6.84. The Balaban J connectivity index is 1.86. The lowest BCUT2D eigenvalue weighted by Gasteiger charge is -2.33. The van der Waals surface area contributed by atoms with E-state index in [1.807, 2.05) is 13.8 Å². The van der Waals surface area contributed by atoms with Crippen LogP contribution in [0.4, 0.5) is 5.95 Å². The zero-order valence-corrected chi connectivity index (χ0v) is 13.4. The Labute approximate surface area is 122 Å². The van der Waals surface area contributed by atoms with Crippen LogP contribution in [0.1, 0.15) is 45.0 Å². The molecule has 0 radical (unpaired) electrons. The van der Waals surface area contributed by atoms with Gasteiger partial charge in [-0.15, -0.1) is 5.10 Å². The minimum Gasteiger partial charge on any atom is -0.340 e. The Morgan fingerprint density at radius 2 is 1.75 bits per heavy atom. The summed E-state index contributed by atoms with van der Waals surface area (Å²) in [6, 6.07) is 0. The van der Waals surface area contributed by atoms with Crippen molar-refractivity contribution in [1.29, 1.82) is 0 Å². The van der Waals surface area contributed by atoms with E-state index in [0.717, 1.165) is 42.9 Å². The normalized spacial score (nSPS) is 17.6. The number of piperidine rings is 1. The fourth-order valence-electron chi connectivity index (χ4n) is 2.37. The van der Waals surface area contributed by atoms with E-state index in [-0.39, 0.29) is 5.54 Å². The molecular formula is C15H27N5. The first kappa shape index (κ1) is 15.2. The van der Waals surface area contributed by atoms with Gasteiger partial charge in [-0.2, -0.15) is 5.10 Å². The molecule has 0 unspecified atom stereocenters. The Bertz CT molecular complexity index is 444. The Morgan fingerprint density at radius 1 is 1.10 bits per heavy atom. The number of hydrogen-bond donors (Lipinski definition) is 1. The van der Waals surface area contributed by atoms with Crippen LogP contribution in [0, 0.1) is 19.8 Å². The summed E-state index contributed by atoms with van der Waals surface area (Å²) in [5, 5.41) is 12.0. The SMILES string of the molecule is Cc1nnc(N2CCC(CNC(C)(C)C)CC2)nc1C. The van der Waals surface area contributed by atoms with Crippen LogP contribution in [0.25, 0.3) is 0 Å². The van der Waals surface area contributed by atoms with Gasteiger partial charge in [0.1, 0.15) is 0 Å². The van der Waals surface area contributed by atoms with Crippen molar-refractivity contribution in [3.63, 3.8) is 0 Å². The van der Waals surface area contributed by atoms with Gasteiger partial charge >= 0.3 is 0 Å². The maximum atomic E-state index is 4.54. The highest BCUT2D eigenvalue weighted by Gasteiger charge is 2.22. The fraction of sp³-hybridized carbons (Fsp3) is 0.800. The topological polar surface area (TPSA) is 53.9 Å². The zero-order chi connectivity index (χ0) is 14.8. The van der Waals surface area contributed by atoms with Crippen LogP contribution in [0.3, 0.4) is 0 Å². The third-order valence-electron chi connectivity index (χ3n) is 3.90. The van der Waals surface area contributed by atoms with Gasteiger partial charge in [0.05, 0.1) is 11.4 Å². The lowest BCUT2D eigenvalue weighted by Crippen LogP contribution is -2.43. The van der Waals surface area contributed by atoms with Crippen LogP contribution in [0.15, 0.2) is 0 Å². The van der Waals surface area contributed by atoms with Gasteiger partial charge in [-0.3, -0.25) is 0 Å². The summed E-state index contributed by atoms with van der Waals surface area (Å²) in [6.45, 7) is 13.8. The van der Waals surface area contributed by atoms with Crippen molar-refractivity contribution in [3.05, 3.63) is 11.4 Å². The molecule has 0 saturated carbocycles. The van der Waals surface area contributed by atoms with Gasteiger partial charge in [-0.05, 0) is 59.9 Å². The zero-order valence-electron chi connectivity index (χ0n) is 13.4. The molecule has 1 N–H and O–H groups in total. The number of rotatable bonds is 3. The molecule has 112 valence electrons. The molecule has 0 amide bonds. The van der Waals surface area contributed by atoms with E-state index in [4.69, 9.17) is 0 Å². The average molecular weight is 277 g/mol. The highest BCUT2D eigenvalue weighted by atomic mass is 15.3. The van der Waals surface area contributed by atoms with Crippen LogP contribution in [0.5, 0.6) is 0 Å². The first-order valence-electron chi connectivity index (χ1n) is 7.53. The lowest BCUT2D eigenvalue weighted by atomic mass is 9.95. The molecule has 5 heteroatoms. The highest BCUT2D eigenvalue weighted by Crippen LogP contribution is 2.20. The van der Waals surface area contributed by atoms with E-state index in [2.05, 4.69) is 46.2 Å². The molecule has 5 nitrogen and oxygen atoms in total. The maximum Gasteiger partial charge on any atom is 0.245 e. The number of anilines is 1. The number of nitrogens with zero attached hydrogens (tertiary/aromatic N) is 4. The number of hydrogen-bond acceptors (Lipinski definition) is 5. The van der Waals surface area contributed by atoms with E-state index >= 15 is 0 Å².